The average molecular weight is 401 g/mol. The summed E-state index contributed by atoms with van der Waals surface area (Å²) >= 11 is 0. The van der Waals surface area contributed by atoms with Gasteiger partial charge in [-0.15, -0.1) is 23.4 Å². The molecule has 12 heteroatoms. The number of nitrogens with zero attached hydrogens (tertiary/aromatic N) is 4. The minimum atomic E-state index is -4.78. The molecule has 28 heavy (non-hydrogen) atoms. The quantitative estimate of drug-likeness (QED) is 0.607. The summed E-state index contributed by atoms with van der Waals surface area (Å²) in [5, 5.41) is 9.59. The predicted octanol–water partition coefficient (Wildman–Crippen LogP) is 4.54. The fraction of sp³-hybridized carbons (Fsp3) is 0.250. The van der Waals surface area contributed by atoms with E-state index in [0.717, 1.165) is 0 Å². The number of nitrogens with one attached hydrogen (secondary N) is 1. The number of alkyl halides is 5. The van der Waals surface area contributed by atoms with E-state index in [0.29, 0.717) is 5.56 Å². The van der Waals surface area contributed by atoms with Crippen LogP contribution in [0.3, 0.4) is 0 Å². The molecule has 0 spiro atoms. The third-order valence-electron chi connectivity index (χ3n) is 3.46. The smallest absolute Gasteiger partial charge is 0.415 e. The molecule has 0 amide bonds. The molecule has 3 aromatic rings. The van der Waals surface area contributed by atoms with Crippen molar-refractivity contribution < 1.29 is 31.1 Å². The maximum atomic E-state index is 12.5. The van der Waals surface area contributed by atoms with Crippen LogP contribution in [0.2, 0.25) is 0 Å². The van der Waals surface area contributed by atoms with E-state index in [1.807, 2.05) is 0 Å². The van der Waals surface area contributed by atoms with E-state index in [1.165, 1.54) is 30.6 Å². The van der Waals surface area contributed by atoms with Gasteiger partial charge in [-0.05, 0) is 24.6 Å². The topological polar surface area (TPSA) is 86.0 Å². The third-order valence-corrected chi connectivity index (χ3v) is 3.46. The molecule has 0 saturated heterocycles. The van der Waals surface area contributed by atoms with E-state index in [9.17, 15) is 22.0 Å². The lowest BCUT2D eigenvalue weighted by molar-refractivity contribution is -0.274. The minimum absolute atomic E-state index is 0.159. The molecule has 2 heterocycles. The summed E-state index contributed by atoms with van der Waals surface area (Å²) in [6.45, 7) is 1.69. The van der Waals surface area contributed by atoms with E-state index in [-0.39, 0.29) is 23.2 Å². The fourth-order valence-corrected chi connectivity index (χ4v) is 2.21. The first kappa shape index (κ1) is 19.5. The maximum absolute atomic E-state index is 12.5. The first-order valence-electron chi connectivity index (χ1n) is 7.77. The Bertz CT molecular complexity index is 930. The Kier molecular flexibility index (Phi) is 5.38. The summed E-state index contributed by atoms with van der Waals surface area (Å²) in [5.41, 5.74) is 0.742. The van der Waals surface area contributed by atoms with Crippen LogP contribution >= 0.6 is 0 Å². The van der Waals surface area contributed by atoms with E-state index in [2.05, 4.69) is 30.2 Å². The first-order valence-corrected chi connectivity index (χ1v) is 7.77. The first-order chi connectivity index (χ1) is 13.2. The van der Waals surface area contributed by atoms with Gasteiger partial charge in [0.15, 0.2) is 0 Å². The van der Waals surface area contributed by atoms with E-state index >= 15 is 0 Å². The molecule has 2 aromatic heterocycles. The highest BCUT2D eigenvalue weighted by atomic mass is 19.4. The van der Waals surface area contributed by atoms with Gasteiger partial charge in [0.05, 0.1) is 11.6 Å². The molecule has 1 atom stereocenters. The van der Waals surface area contributed by atoms with Crippen LogP contribution in [0.25, 0.3) is 11.5 Å². The van der Waals surface area contributed by atoms with Gasteiger partial charge in [0.1, 0.15) is 5.75 Å². The van der Waals surface area contributed by atoms with Gasteiger partial charge in [0.2, 0.25) is 5.95 Å². The summed E-state index contributed by atoms with van der Waals surface area (Å²) in [6.07, 6.45) is -5.10. The van der Waals surface area contributed by atoms with Gasteiger partial charge in [-0.2, -0.15) is 8.78 Å². The van der Waals surface area contributed by atoms with E-state index in [1.54, 1.807) is 13.0 Å². The van der Waals surface area contributed by atoms with Crippen molar-refractivity contribution in [2.24, 2.45) is 0 Å². The summed E-state index contributed by atoms with van der Waals surface area (Å²) in [4.78, 5) is 8.02. The molecule has 0 radical (unpaired) electrons. The van der Waals surface area contributed by atoms with Crippen LogP contribution in [-0.2, 0) is 0 Å². The molecule has 0 aliphatic carbocycles. The molecule has 0 bridgehead atoms. The molecule has 3 rings (SSSR count). The predicted molar refractivity (Wildman–Crippen MR) is 85.4 cm³/mol. The SMILES string of the molecule is CC(Nc1ncc(-c2nnc(C(F)F)o2)cn1)c1cccc(OC(F)(F)F)c1. The van der Waals surface area contributed by atoms with Crippen LogP contribution in [0.1, 0.15) is 30.8 Å². The number of benzene rings is 1. The Balaban J connectivity index is 1.69. The average Bonchev–Trinajstić information content (AvgIpc) is 3.11. The van der Waals surface area contributed by atoms with E-state index < -0.39 is 24.7 Å². The lowest BCUT2D eigenvalue weighted by Crippen LogP contribution is -2.17. The molecular formula is C16H12F5N5O2. The van der Waals surface area contributed by atoms with Crippen molar-refractivity contribution >= 4 is 5.95 Å². The van der Waals surface area contributed by atoms with Crippen molar-refractivity contribution in [2.75, 3.05) is 5.32 Å². The summed E-state index contributed by atoms with van der Waals surface area (Å²) in [7, 11) is 0. The lowest BCUT2D eigenvalue weighted by Gasteiger charge is -2.16. The Morgan fingerprint density at radius 2 is 1.82 bits per heavy atom. The molecule has 1 N–H and O–H groups in total. The Hall–Kier alpha value is -3.31. The fourth-order valence-electron chi connectivity index (χ4n) is 2.21. The molecule has 1 aromatic carbocycles. The number of anilines is 1. The molecular weight excluding hydrogens is 389 g/mol. The number of rotatable bonds is 6. The number of hydrogen-bond donors (Lipinski definition) is 1. The number of halogens is 5. The van der Waals surface area contributed by atoms with Crippen LogP contribution in [0.5, 0.6) is 5.75 Å². The molecule has 7 nitrogen and oxygen atoms in total. The van der Waals surface area contributed by atoms with Gasteiger partial charge in [-0.3, -0.25) is 0 Å². The summed E-state index contributed by atoms with van der Waals surface area (Å²) in [6, 6.07) is 5.02. The molecule has 0 saturated carbocycles. The van der Waals surface area contributed by atoms with Gasteiger partial charge >= 0.3 is 12.8 Å². The van der Waals surface area contributed by atoms with Crippen LogP contribution in [0, 0.1) is 0 Å². The third kappa shape index (κ3) is 4.90. The van der Waals surface area contributed by atoms with Gasteiger partial charge in [-0.1, -0.05) is 12.1 Å². The van der Waals surface area contributed by atoms with Crippen LogP contribution < -0.4 is 10.1 Å². The molecule has 148 valence electrons. The number of ether oxygens (including phenoxy) is 1. The summed E-state index contributed by atoms with van der Waals surface area (Å²) < 4.78 is 70.6. The van der Waals surface area contributed by atoms with Crippen molar-refractivity contribution in [3.8, 4) is 17.2 Å². The molecule has 0 fully saturated rings. The van der Waals surface area contributed by atoms with Gasteiger partial charge in [0, 0.05) is 12.4 Å². The van der Waals surface area contributed by atoms with Gasteiger partial charge in [0.25, 0.3) is 11.8 Å². The minimum Gasteiger partial charge on any atom is -0.415 e. The van der Waals surface area contributed by atoms with E-state index in [4.69, 9.17) is 4.42 Å². The maximum Gasteiger partial charge on any atom is 0.573 e. The second kappa shape index (κ2) is 7.74. The standard InChI is InChI=1S/C16H12F5N5O2/c1-8(9-3-2-4-11(5-9)28-16(19,20)21)24-15-22-6-10(7-23-15)13-25-26-14(27-13)12(17)18/h2-8,12H,1H3,(H,22,23,24). The highest BCUT2D eigenvalue weighted by Crippen LogP contribution is 2.27. The molecule has 1 unspecified atom stereocenters. The van der Waals surface area contributed by atoms with Gasteiger partial charge < -0.3 is 14.5 Å². The van der Waals surface area contributed by atoms with Crippen molar-refractivity contribution in [2.45, 2.75) is 25.8 Å². The molecule has 0 aliphatic heterocycles. The zero-order valence-electron chi connectivity index (χ0n) is 14.1. The Labute approximate surface area is 154 Å². The van der Waals surface area contributed by atoms with Crippen molar-refractivity contribution in [1.82, 2.24) is 20.2 Å². The monoisotopic (exact) mass is 401 g/mol. The van der Waals surface area contributed by atoms with Crippen molar-refractivity contribution in [3.63, 3.8) is 0 Å². The second-order valence-corrected chi connectivity index (χ2v) is 5.53. The number of aromatic nitrogens is 4. The summed E-state index contributed by atoms with van der Waals surface area (Å²) in [5.74, 6) is -1.16. The van der Waals surface area contributed by atoms with Crippen molar-refractivity contribution in [1.29, 1.82) is 0 Å². The Morgan fingerprint density at radius 1 is 1.11 bits per heavy atom. The Morgan fingerprint density at radius 3 is 2.43 bits per heavy atom. The van der Waals surface area contributed by atoms with Crippen LogP contribution in [0.15, 0.2) is 41.1 Å². The van der Waals surface area contributed by atoms with Crippen molar-refractivity contribution in [3.05, 3.63) is 48.1 Å². The zero-order valence-corrected chi connectivity index (χ0v) is 14.1. The highest BCUT2D eigenvalue weighted by molar-refractivity contribution is 5.50. The van der Waals surface area contributed by atoms with Crippen LogP contribution in [0.4, 0.5) is 27.9 Å². The molecule has 0 aliphatic rings. The number of hydrogen-bond acceptors (Lipinski definition) is 7. The van der Waals surface area contributed by atoms with Crippen LogP contribution in [-0.4, -0.2) is 26.5 Å². The van der Waals surface area contributed by atoms with Gasteiger partial charge in [-0.25, -0.2) is 9.97 Å². The lowest BCUT2D eigenvalue weighted by atomic mass is 10.1. The largest absolute Gasteiger partial charge is 0.573 e. The normalized spacial score (nSPS) is 12.8. The highest BCUT2D eigenvalue weighted by Gasteiger charge is 2.31. The second-order valence-electron chi connectivity index (χ2n) is 5.53. The zero-order chi connectivity index (χ0) is 20.3.